The fraction of sp³-hybridized carbons (Fsp3) is 0.222. The molecule has 0 unspecified atom stereocenters. The fourth-order valence-corrected chi connectivity index (χ4v) is 1.40. The van der Waals surface area contributed by atoms with E-state index >= 15 is 0 Å². The number of likely N-dealkylation sites (N-methyl/N-ethyl adjacent to an activating group) is 1. The molecule has 1 aromatic carbocycles. The lowest BCUT2D eigenvalue weighted by Crippen LogP contribution is -2.20. The molecule has 1 aromatic rings. The Hall–Kier alpha value is -0.730. The van der Waals surface area contributed by atoms with Crippen molar-refractivity contribution in [3.63, 3.8) is 0 Å². The van der Waals surface area contributed by atoms with Crippen LogP contribution in [0.1, 0.15) is 5.56 Å². The molecule has 70 valence electrons. The molecule has 0 aromatic heterocycles. The fourth-order valence-electron chi connectivity index (χ4n) is 0.926. The highest BCUT2D eigenvalue weighted by atomic mass is 35.5. The van der Waals surface area contributed by atoms with Crippen molar-refractivity contribution in [1.82, 2.24) is 5.32 Å². The second-order valence-corrected chi connectivity index (χ2v) is 3.43. The number of benzene rings is 1. The summed E-state index contributed by atoms with van der Waals surface area (Å²) in [5.41, 5.74) is 0.783. The van der Waals surface area contributed by atoms with E-state index in [1.54, 1.807) is 25.2 Å². The van der Waals surface area contributed by atoms with E-state index in [1.807, 2.05) is 0 Å². The van der Waals surface area contributed by atoms with Crippen molar-refractivity contribution in [1.29, 1.82) is 0 Å². The Kier molecular flexibility index (Phi) is 3.58. The molecule has 0 aliphatic heterocycles. The summed E-state index contributed by atoms with van der Waals surface area (Å²) in [7, 11) is 1.59. The Labute approximate surface area is 86.8 Å². The zero-order valence-electron chi connectivity index (χ0n) is 7.10. The number of hydrogen-bond donors (Lipinski definition) is 1. The van der Waals surface area contributed by atoms with E-state index in [0.29, 0.717) is 10.0 Å². The van der Waals surface area contributed by atoms with Gasteiger partial charge in [-0.25, -0.2) is 0 Å². The van der Waals surface area contributed by atoms with Crippen LogP contribution in [0.2, 0.25) is 10.0 Å². The predicted octanol–water partition coefficient (Wildman–Crippen LogP) is 2.28. The molecular formula is C9H9Cl2NO. The minimum atomic E-state index is -0.0655. The van der Waals surface area contributed by atoms with Crippen LogP contribution in [-0.2, 0) is 11.2 Å². The van der Waals surface area contributed by atoms with Crippen molar-refractivity contribution < 1.29 is 4.79 Å². The van der Waals surface area contributed by atoms with Gasteiger partial charge >= 0.3 is 0 Å². The van der Waals surface area contributed by atoms with E-state index in [0.717, 1.165) is 5.56 Å². The molecule has 0 aliphatic carbocycles. The van der Waals surface area contributed by atoms with E-state index in [1.165, 1.54) is 0 Å². The summed E-state index contributed by atoms with van der Waals surface area (Å²) in [5.74, 6) is -0.0655. The summed E-state index contributed by atoms with van der Waals surface area (Å²) in [6.07, 6.45) is 0.284. The van der Waals surface area contributed by atoms with E-state index in [4.69, 9.17) is 23.2 Å². The molecule has 2 nitrogen and oxygen atoms in total. The topological polar surface area (TPSA) is 29.1 Å². The third kappa shape index (κ3) is 2.90. The van der Waals surface area contributed by atoms with Crippen molar-refractivity contribution in [2.45, 2.75) is 6.42 Å². The van der Waals surface area contributed by atoms with Crippen molar-refractivity contribution in [3.05, 3.63) is 33.8 Å². The van der Waals surface area contributed by atoms with Crippen LogP contribution in [0.5, 0.6) is 0 Å². The highest BCUT2D eigenvalue weighted by molar-refractivity contribution is 6.35. The molecule has 13 heavy (non-hydrogen) atoms. The second-order valence-electron chi connectivity index (χ2n) is 2.59. The van der Waals surface area contributed by atoms with Crippen LogP contribution in [0.25, 0.3) is 0 Å². The Balaban J connectivity index is 2.83. The van der Waals surface area contributed by atoms with Gasteiger partial charge in [-0.15, -0.1) is 0 Å². The Bertz CT molecular complexity index is 325. The molecule has 1 rings (SSSR count). The first-order valence-electron chi connectivity index (χ1n) is 3.78. The summed E-state index contributed by atoms with van der Waals surface area (Å²) in [5, 5.41) is 3.62. The lowest BCUT2D eigenvalue weighted by Gasteiger charge is -2.03. The molecule has 0 fully saturated rings. The number of rotatable bonds is 2. The van der Waals surface area contributed by atoms with E-state index < -0.39 is 0 Å². The number of carbonyl (C=O) groups excluding carboxylic acids is 1. The first-order chi connectivity index (χ1) is 6.13. The average Bonchev–Trinajstić information content (AvgIpc) is 2.09. The Morgan fingerprint density at radius 1 is 1.46 bits per heavy atom. The molecule has 0 heterocycles. The molecule has 4 heteroatoms. The number of amides is 1. The highest BCUT2D eigenvalue weighted by Gasteiger charge is 2.05. The summed E-state index contributed by atoms with van der Waals surface area (Å²) in [4.78, 5) is 11.0. The average molecular weight is 218 g/mol. The molecule has 0 saturated carbocycles. The molecule has 1 amide bonds. The van der Waals surface area contributed by atoms with Crippen molar-refractivity contribution in [2.24, 2.45) is 0 Å². The van der Waals surface area contributed by atoms with E-state index in [9.17, 15) is 4.79 Å². The van der Waals surface area contributed by atoms with Gasteiger partial charge in [-0.1, -0.05) is 29.3 Å². The standard InChI is InChI=1S/C9H9Cl2NO/c1-12-9(13)4-6-2-3-7(10)5-8(6)11/h2-3,5H,4H2,1H3,(H,12,13). The minimum absolute atomic E-state index is 0.0655. The van der Waals surface area contributed by atoms with Crippen LogP contribution in [0.3, 0.4) is 0 Å². The minimum Gasteiger partial charge on any atom is -0.359 e. The highest BCUT2D eigenvalue weighted by Crippen LogP contribution is 2.21. The van der Waals surface area contributed by atoms with Gasteiger partial charge in [-0.3, -0.25) is 4.79 Å². The van der Waals surface area contributed by atoms with Gasteiger partial charge in [0.2, 0.25) is 5.91 Å². The SMILES string of the molecule is CNC(=O)Cc1ccc(Cl)cc1Cl. The first kappa shape index (κ1) is 10.4. The third-order valence-corrected chi connectivity index (χ3v) is 2.23. The summed E-state index contributed by atoms with van der Waals surface area (Å²) in [6.45, 7) is 0. The van der Waals surface area contributed by atoms with Crippen LogP contribution in [0.15, 0.2) is 18.2 Å². The van der Waals surface area contributed by atoms with Crippen LogP contribution in [0.4, 0.5) is 0 Å². The first-order valence-corrected chi connectivity index (χ1v) is 4.53. The molecule has 0 atom stereocenters. The van der Waals surface area contributed by atoms with Crippen LogP contribution < -0.4 is 5.32 Å². The molecule has 0 radical (unpaired) electrons. The monoisotopic (exact) mass is 217 g/mol. The maximum atomic E-state index is 11.0. The van der Waals surface area contributed by atoms with Gasteiger partial charge in [0.25, 0.3) is 0 Å². The van der Waals surface area contributed by atoms with Gasteiger partial charge in [0.15, 0.2) is 0 Å². The predicted molar refractivity (Wildman–Crippen MR) is 54.2 cm³/mol. The third-order valence-electron chi connectivity index (χ3n) is 1.64. The second kappa shape index (κ2) is 4.49. The van der Waals surface area contributed by atoms with E-state index in [-0.39, 0.29) is 12.3 Å². The number of nitrogens with one attached hydrogen (secondary N) is 1. The van der Waals surface area contributed by atoms with Crippen molar-refractivity contribution >= 4 is 29.1 Å². The van der Waals surface area contributed by atoms with Gasteiger partial charge < -0.3 is 5.32 Å². The van der Waals surface area contributed by atoms with Crippen LogP contribution >= 0.6 is 23.2 Å². The van der Waals surface area contributed by atoms with Crippen molar-refractivity contribution in [3.8, 4) is 0 Å². The smallest absolute Gasteiger partial charge is 0.224 e. The molecule has 1 N–H and O–H groups in total. The Morgan fingerprint density at radius 3 is 2.69 bits per heavy atom. The number of hydrogen-bond acceptors (Lipinski definition) is 1. The zero-order chi connectivity index (χ0) is 9.84. The lowest BCUT2D eigenvalue weighted by molar-refractivity contribution is -0.119. The molecular weight excluding hydrogens is 209 g/mol. The maximum absolute atomic E-state index is 11.0. The summed E-state index contributed by atoms with van der Waals surface area (Å²) < 4.78 is 0. The molecule has 0 saturated heterocycles. The van der Waals surface area contributed by atoms with Gasteiger partial charge in [-0.05, 0) is 17.7 Å². The zero-order valence-corrected chi connectivity index (χ0v) is 8.62. The molecule has 0 aliphatic rings. The van der Waals surface area contributed by atoms with Crippen LogP contribution in [-0.4, -0.2) is 13.0 Å². The van der Waals surface area contributed by atoms with E-state index in [2.05, 4.69) is 5.32 Å². The van der Waals surface area contributed by atoms with Crippen LogP contribution in [0, 0.1) is 0 Å². The molecule has 0 bridgehead atoms. The maximum Gasteiger partial charge on any atom is 0.224 e. The number of carbonyl (C=O) groups is 1. The lowest BCUT2D eigenvalue weighted by atomic mass is 10.1. The van der Waals surface area contributed by atoms with Gasteiger partial charge in [0.05, 0.1) is 6.42 Å². The molecule has 0 spiro atoms. The summed E-state index contributed by atoms with van der Waals surface area (Å²) in [6, 6.07) is 5.09. The summed E-state index contributed by atoms with van der Waals surface area (Å²) >= 11 is 11.6. The van der Waals surface area contributed by atoms with Crippen molar-refractivity contribution in [2.75, 3.05) is 7.05 Å². The number of halogens is 2. The quantitative estimate of drug-likeness (QED) is 0.810. The Morgan fingerprint density at radius 2 is 2.15 bits per heavy atom. The van der Waals surface area contributed by atoms with Gasteiger partial charge in [-0.2, -0.15) is 0 Å². The normalized spacial score (nSPS) is 9.77. The van der Waals surface area contributed by atoms with Gasteiger partial charge in [0.1, 0.15) is 0 Å². The van der Waals surface area contributed by atoms with Gasteiger partial charge in [0, 0.05) is 17.1 Å². The largest absolute Gasteiger partial charge is 0.359 e.